The first-order valence-corrected chi connectivity index (χ1v) is 9.94. The minimum absolute atomic E-state index is 0.517. The average Bonchev–Trinajstić information content (AvgIpc) is 3.30. The predicted molar refractivity (Wildman–Crippen MR) is 121 cm³/mol. The van der Waals surface area contributed by atoms with Gasteiger partial charge in [-0.2, -0.15) is 0 Å². The van der Waals surface area contributed by atoms with Gasteiger partial charge in [-0.25, -0.2) is 0 Å². The standard InChI is InChI=1S/C27H20N2O/c1-19-10-5-6-15-23(19)21-13-9-14-22(18-21)26-28-29-27(30-26)25-17-8-7-16-24(25)20-11-3-2-4-12-20/h2-18H,1H3. The lowest BCUT2D eigenvalue weighted by Gasteiger charge is -2.07. The Labute approximate surface area is 175 Å². The Hall–Kier alpha value is -3.98. The molecule has 3 heteroatoms. The Morgan fingerprint density at radius 3 is 1.90 bits per heavy atom. The van der Waals surface area contributed by atoms with E-state index in [4.69, 9.17) is 4.42 Å². The molecule has 0 aliphatic rings. The summed E-state index contributed by atoms with van der Waals surface area (Å²) in [6.45, 7) is 2.12. The maximum Gasteiger partial charge on any atom is 0.248 e. The van der Waals surface area contributed by atoms with Crippen LogP contribution in [0.1, 0.15) is 5.56 Å². The van der Waals surface area contributed by atoms with Crippen molar-refractivity contribution in [3.05, 3.63) is 109 Å². The lowest BCUT2D eigenvalue weighted by molar-refractivity contribution is 0.585. The molecule has 0 amide bonds. The minimum Gasteiger partial charge on any atom is -0.416 e. The molecule has 0 N–H and O–H groups in total. The van der Waals surface area contributed by atoms with E-state index in [0.29, 0.717) is 11.8 Å². The van der Waals surface area contributed by atoms with E-state index in [1.807, 2.05) is 48.5 Å². The first-order chi connectivity index (χ1) is 14.8. The van der Waals surface area contributed by atoms with Crippen molar-refractivity contribution >= 4 is 0 Å². The smallest absolute Gasteiger partial charge is 0.248 e. The van der Waals surface area contributed by atoms with Crippen LogP contribution in [0.2, 0.25) is 0 Å². The van der Waals surface area contributed by atoms with Crippen molar-refractivity contribution in [2.45, 2.75) is 6.92 Å². The molecule has 0 aliphatic carbocycles. The second-order valence-electron chi connectivity index (χ2n) is 7.22. The fourth-order valence-corrected chi connectivity index (χ4v) is 3.70. The third-order valence-corrected chi connectivity index (χ3v) is 5.23. The Morgan fingerprint density at radius 2 is 1.10 bits per heavy atom. The van der Waals surface area contributed by atoms with Crippen LogP contribution in [0.3, 0.4) is 0 Å². The van der Waals surface area contributed by atoms with Gasteiger partial charge in [0.15, 0.2) is 0 Å². The van der Waals surface area contributed by atoms with Gasteiger partial charge < -0.3 is 4.42 Å². The second-order valence-corrected chi connectivity index (χ2v) is 7.22. The summed E-state index contributed by atoms with van der Waals surface area (Å²) in [6, 6.07) is 34.9. The monoisotopic (exact) mass is 388 g/mol. The average molecular weight is 388 g/mol. The highest BCUT2D eigenvalue weighted by Crippen LogP contribution is 2.33. The summed E-state index contributed by atoms with van der Waals surface area (Å²) in [5, 5.41) is 8.69. The fraction of sp³-hybridized carbons (Fsp3) is 0.0370. The van der Waals surface area contributed by atoms with E-state index in [1.54, 1.807) is 0 Å². The predicted octanol–water partition coefficient (Wildman–Crippen LogP) is 7.05. The molecule has 0 atom stereocenters. The molecular weight excluding hydrogens is 368 g/mol. The van der Waals surface area contributed by atoms with Crippen molar-refractivity contribution < 1.29 is 4.42 Å². The Kier molecular flexibility index (Phi) is 4.70. The number of aryl methyl sites for hydroxylation is 1. The van der Waals surface area contributed by atoms with Crippen LogP contribution < -0.4 is 0 Å². The molecule has 144 valence electrons. The summed E-state index contributed by atoms with van der Waals surface area (Å²) in [5.74, 6) is 1.04. The molecule has 1 aromatic heterocycles. The van der Waals surface area contributed by atoms with E-state index >= 15 is 0 Å². The molecule has 0 bridgehead atoms. The van der Waals surface area contributed by atoms with E-state index in [-0.39, 0.29) is 0 Å². The molecule has 5 aromatic rings. The van der Waals surface area contributed by atoms with Gasteiger partial charge in [-0.15, -0.1) is 10.2 Å². The zero-order chi connectivity index (χ0) is 20.3. The molecule has 4 aromatic carbocycles. The SMILES string of the molecule is Cc1ccccc1-c1cccc(-c2nnc(-c3ccccc3-c3ccccc3)o2)c1. The van der Waals surface area contributed by atoms with Crippen molar-refractivity contribution in [3.63, 3.8) is 0 Å². The van der Waals surface area contributed by atoms with Crippen molar-refractivity contribution in [2.75, 3.05) is 0 Å². The summed E-state index contributed by atoms with van der Waals surface area (Å²) in [5.41, 5.74) is 7.60. The molecule has 0 radical (unpaired) electrons. The lowest BCUT2D eigenvalue weighted by atomic mass is 9.99. The topological polar surface area (TPSA) is 38.9 Å². The summed E-state index contributed by atoms with van der Waals surface area (Å²) in [4.78, 5) is 0. The van der Waals surface area contributed by atoms with Gasteiger partial charge in [-0.05, 0) is 52.9 Å². The van der Waals surface area contributed by atoms with E-state index in [2.05, 4.69) is 71.7 Å². The highest BCUT2D eigenvalue weighted by molar-refractivity contribution is 5.80. The van der Waals surface area contributed by atoms with Crippen molar-refractivity contribution in [2.24, 2.45) is 0 Å². The van der Waals surface area contributed by atoms with Crippen LogP contribution in [-0.4, -0.2) is 10.2 Å². The summed E-state index contributed by atoms with van der Waals surface area (Å²) >= 11 is 0. The molecule has 0 fully saturated rings. The normalized spacial score (nSPS) is 10.8. The van der Waals surface area contributed by atoms with Gasteiger partial charge in [0.2, 0.25) is 11.8 Å². The largest absolute Gasteiger partial charge is 0.416 e. The van der Waals surface area contributed by atoms with Gasteiger partial charge in [0.25, 0.3) is 0 Å². The lowest BCUT2D eigenvalue weighted by Crippen LogP contribution is -1.84. The third kappa shape index (κ3) is 3.42. The molecule has 0 saturated carbocycles. The zero-order valence-corrected chi connectivity index (χ0v) is 16.6. The summed E-state index contributed by atoms with van der Waals surface area (Å²) in [7, 11) is 0. The van der Waals surface area contributed by atoms with Gasteiger partial charge in [0.05, 0.1) is 0 Å². The van der Waals surface area contributed by atoms with Crippen LogP contribution in [0, 0.1) is 6.92 Å². The summed E-state index contributed by atoms with van der Waals surface area (Å²) < 4.78 is 6.12. The molecule has 3 nitrogen and oxygen atoms in total. The first-order valence-electron chi connectivity index (χ1n) is 9.94. The van der Waals surface area contributed by atoms with E-state index in [0.717, 1.165) is 27.8 Å². The quantitative estimate of drug-likeness (QED) is 0.331. The van der Waals surface area contributed by atoms with Crippen LogP contribution >= 0.6 is 0 Å². The Morgan fingerprint density at radius 1 is 0.500 bits per heavy atom. The first kappa shape index (κ1) is 18.1. The van der Waals surface area contributed by atoms with E-state index in [9.17, 15) is 0 Å². The van der Waals surface area contributed by atoms with E-state index < -0.39 is 0 Å². The van der Waals surface area contributed by atoms with Gasteiger partial charge in [-0.3, -0.25) is 0 Å². The molecular formula is C27H20N2O. The fourth-order valence-electron chi connectivity index (χ4n) is 3.70. The number of benzene rings is 4. The number of nitrogens with zero attached hydrogens (tertiary/aromatic N) is 2. The number of hydrogen-bond donors (Lipinski definition) is 0. The zero-order valence-electron chi connectivity index (χ0n) is 16.6. The van der Waals surface area contributed by atoms with Crippen LogP contribution in [0.15, 0.2) is 108 Å². The van der Waals surface area contributed by atoms with Gasteiger partial charge in [-0.1, -0.05) is 84.9 Å². The molecule has 5 rings (SSSR count). The Bertz CT molecular complexity index is 1310. The molecule has 30 heavy (non-hydrogen) atoms. The van der Waals surface area contributed by atoms with Crippen LogP contribution in [0.25, 0.3) is 45.2 Å². The molecule has 1 heterocycles. The third-order valence-electron chi connectivity index (χ3n) is 5.23. The van der Waals surface area contributed by atoms with Crippen LogP contribution in [0.4, 0.5) is 0 Å². The highest BCUT2D eigenvalue weighted by Gasteiger charge is 2.15. The second kappa shape index (κ2) is 7.80. The van der Waals surface area contributed by atoms with Crippen LogP contribution in [0.5, 0.6) is 0 Å². The van der Waals surface area contributed by atoms with Crippen molar-refractivity contribution in [3.8, 4) is 45.2 Å². The molecule has 0 saturated heterocycles. The maximum absolute atomic E-state index is 6.12. The number of rotatable bonds is 4. The summed E-state index contributed by atoms with van der Waals surface area (Å²) in [6.07, 6.45) is 0. The van der Waals surface area contributed by atoms with Gasteiger partial charge in [0.1, 0.15) is 0 Å². The van der Waals surface area contributed by atoms with Crippen LogP contribution in [-0.2, 0) is 0 Å². The number of hydrogen-bond acceptors (Lipinski definition) is 3. The maximum atomic E-state index is 6.12. The van der Waals surface area contributed by atoms with Gasteiger partial charge in [0, 0.05) is 11.1 Å². The van der Waals surface area contributed by atoms with Crippen molar-refractivity contribution in [1.82, 2.24) is 10.2 Å². The number of aromatic nitrogens is 2. The Balaban J connectivity index is 1.54. The minimum atomic E-state index is 0.517. The molecule has 0 aliphatic heterocycles. The molecule has 0 spiro atoms. The highest BCUT2D eigenvalue weighted by atomic mass is 16.4. The molecule has 0 unspecified atom stereocenters. The van der Waals surface area contributed by atoms with Gasteiger partial charge >= 0.3 is 0 Å². The van der Waals surface area contributed by atoms with Crippen molar-refractivity contribution in [1.29, 1.82) is 0 Å². The van der Waals surface area contributed by atoms with E-state index in [1.165, 1.54) is 11.1 Å².